The number of carbonyl (C=O) groups is 2. The second-order valence-electron chi connectivity index (χ2n) is 8.03. The highest BCUT2D eigenvalue weighted by Crippen LogP contribution is 2.34. The van der Waals surface area contributed by atoms with E-state index >= 15 is 0 Å². The molecule has 25 heavy (non-hydrogen) atoms. The van der Waals surface area contributed by atoms with Gasteiger partial charge in [0.1, 0.15) is 0 Å². The SMILES string of the molecule is CC(=O)N1CCN(CCN(C[C@@H]2[C@H](C)C=C(C)C[C@H]2C)C(C)=O)CC1. The Morgan fingerprint density at radius 1 is 1.16 bits per heavy atom. The predicted octanol–water partition coefficient (Wildman–Crippen LogP) is 2.24. The average Bonchev–Trinajstić information content (AvgIpc) is 2.53. The van der Waals surface area contributed by atoms with Crippen molar-refractivity contribution in [2.24, 2.45) is 17.8 Å². The summed E-state index contributed by atoms with van der Waals surface area (Å²) < 4.78 is 0. The van der Waals surface area contributed by atoms with E-state index in [4.69, 9.17) is 0 Å². The lowest BCUT2D eigenvalue weighted by Crippen LogP contribution is -2.50. The van der Waals surface area contributed by atoms with Crippen LogP contribution in [0.5, 0.6) is 0 Å². The highest BCUT2D eigenvalue weighted by molar-refractivity contribution is 5.73. The van der Waals surface area contributed by atoms with E-state index in [1.54, 1.807) is 13.8 Å². The number of allylic oxidation sites excluding steroid dienone is 2. The quantitative estimate of drug-likeness (QED) is 0.715. The van der Waals surface area contributed by atoms with Crippen molar-refractivity contribution < 1.29 is 9.59 Å². The molecule has 142 valence electrons. The minimum atomic E-state index is 0.161. The Bertz CT molecular complexity index is 509. The molecule has 0 aromatic heterocycles. The molecule has 0 spiro atoms. The van der Waals surface area contributed by atoms with Crippen LogP contribution in [0.4, 0.5) is 0 Å². The molecule has 1 heterocycles. The second kappa shape index (κ2) is 8.84. The summed E-state index contributed by atoms with van der Waals surface area (Å²) in [5.74, 6) is 2.04. The lowest BCUT2D eigenvalue weighted by molar-refractivity contribution is -0.130. The van der Waals surface area contributed by atoms with Gasteiger partial charge in [0, 0.05) is 59.7 Å². The van der Waals surface area contributed by atoms with Crippen LogP contribution in [0.2, 0.25) is 0 Å². The lowest BCUT2D eigenvalue weighted by atomic mass is 9.75. The van der Waals surface area contributed by atoms with Crippen molar-refractivity contribution >= 4 is 11.8 Å². The molecule has 0 aromatic carbocycles. The monoisotopic (exact) mass is 349 g/mol. The first kappa shape index (κ1) is 20.0. The molecule has 0 radical (unpaired) electrons. The Hall–Kier alpha value is -1.36. The van der Waals surface area contributed by atoms with E-state index in [0.29, 0.717) is 17.8 Å². The molecule has 2 aliphatic rings. The zero-order chi connectivity index (χ0) is 18.6. The second-order valence-corrected chi connectivity index (χ2v) is 8.03. The molecule has 2 amide bonds. The van der Waals surface area contributed by atoms with Crippen molar-refractivity contribution in [3.05, 3.63) is 11.6 Å². The Morgan fingerprint density at radius 2 is 1.80 bits per heavy atom. The lowest BCUT2D eigenvalue weighted by Gasteiger charge is -2.38. The predicted molar refractivity (Wildman–Crippen MR) is 101 cm³/mol. The first-order valence-corrected chi connectivity index (χ1v) is 9.68. The van der Waals surface area contributed by atoms with Gasteiger partial charge in [-0.2, -0.15) is 0 Å². The molecular weight excluding hydrogens is 314 g/mol. The van der Waals surface area contributed by atoms with E-state index in [1.165, 1.54) is 5.57 Å². The largest absolute Gasteiger partial charge is 0.341 e. The van der Waals surface area contributed by atoms with Gasteiger partial charge in [0.2, 0.25) is 11.8 Å². The summed E-state index contributed by atoms with van der Waals surface area (Å²) in [5.41, 5.74) is 1.48. The molecule has 2 rings (SSSR count). The Kier molecular flexibility index (Phi) is 7.05. The third-order valence-corrected chi connectivity index (χ3v) is 5.98. The summed E-state index contributed by atoms with van der Waals surface area (Å²) in [6.45, 7) is 16.1. The highest BCUT2D eigenvalue weighted by atomic mass is 16.2. The van der Waals surface area contributed by atoms with Gasteiger partial charge in [-0.05, 0) is 31.1 Å². The molecule has 0 bridgehead atoms. The maximum Gasteiger partial charge on any atom is 0.219 e. The van der Waals surface area contributed by atoms with Gasteiger partial charge in [0.25, 0.3) is 0 Å². The van der Waals surface area contributed by atoms with Crippen molar-refractivity contribution in [1.82, 2.24) is 14.7 Å². The fourth-order valence-corrected chi connectivity index (χ4v) is 4.34. The summed E-state index contributed by atoms with van der Waals surface area (Å²) >= 11 is 0. The smallest absolute Gasteiger partial charge is 0.219 e. The van der Waals surface area contributed by atoms with Crippen molar-refractivity contribution in [1.29, 1.82) is 0 Å². The van der Waals surface area contributed by atoms with Crippen LogP contribution in [0.1, 0.15) is 41.0 Å². The third-order valence-electron chi connectivity index (χ3n) is 5.98. The van der Waals surface area contributed by atoms with Crippen LogP contribution in [0.15, 0.2) is 11.6 Å². The normalized spacial score (nSPS) is 27.8. The van der Waals surface area contributed by atoms with Crippen LogP contribution in [0, 0.1) is 17.8 Å². The molecule has 5 nitrogen and oxygen atoms in total. The molecule has 1 saturated heterocycles. The van der Waals surface area contributed by atoms with Crippen LogP contribution < -0.4 is 0 Å². The van der Waals surface area contributed by atoms with Crippen LogP contribution in [0.3, 0.4) is 0 Å². The minimum Gasteiger partial charge on any atom is -0.341 e. The molecule has 0 aromatic rings. The Balaban J connectivity index is 1.85. The van der Waals surface area contributed by atoms with Gasteiger partial charge in [0.05, 0.1) is 0 Å². The van der Waals surface area contributed by atoms with Crippen LogP contribution in [-0.4, -0.2) is 72.3 Å². The topological polar surface area (TPSA) is 43.9 Å². The van der Waals surface area contributed by atoms with Crippen LogP contribution in [0.25, 0.3) is 0 Å². The van der Waals surface area contributed by atoms with E-state index < -0.39 is 0 Å². The Labute approximate surface area is 153 Å². The summed E-state index contributed by atoms with van der Waals surface area (Å²) in [6.07, 6.45) is 3.53. The molecule has 5 heteroatoms. The van der Waals surface area contributed by atoms with Crippen molar-refractivity contribution in [3.8, 4) is 0 Å². The number of hydrogen-bond acceptors (Lipinski definition) is 3. The average molecular weight is 350 g/mol. The number of nitrogens with zero attached hydrogens (tertiary/aromatic N) is 3. The molecule has 0 saturated carbocycles. The minimum absolute atomic E-state index is 0.161. The molecule has 0 unspecified atom stereocenters. The summed E-state index contributed by atoms with van der Waals surface area (Å²) in [5, 5.41) is 0. The maximum atomic E-state index is 12.1. The standard InChI is InChI=1S/C20H35N3O2/c1-15-12-16(2)20(17(3)13-15)14-23(19(5)25)11-8-21-6-9-22(10-7-21)18(4)24/h12,16-17,20H,6-11,13-14H2,1-5H3/t16-,17-,20-/m1/s1. The van der Waals surface area contributed by atoms with Crippen molar-refractivity contribution in [2.75, 3.05) is 45.8 Å². The van der Waals surface area contributed by atoms with Gasteiger partial charge >= 0.3 is 0 Å². The molecule has 0 N–H and O–H groups in total. The molecule has 1 fully saturated rings. The number of piperazine rings is 1. The van der Waals surface area contributed by atoms with Crippen LogP contribution in [-0.2, 0) is 9.59 Å². The van der Waals surface area contributed by atoms with E-state index in [9.17, 15) is 9.59 Å². The van der Waals surface area contributed by atoms with Gasteiger partial charge < -0.3 is 9.80 Å². The van der Waals surface area contributed by atoms with Gasteiger partial charge in [-0.25, -0.2) is 0 Å². The van der Waals surface area contributed by atoms with Crippen LogP contribution >= 0.6 is 0 Å². The van der Waals surface area contributed by atoms with Gasteiger partial charge in [0.15, 0.2) is 0 Å². The molecule has 1 aliphatic carbocycles. The van der Waals surface area contributed by atoms with E-state index in [0.717, 1.165) is 52.2 Å². The zero-order valence-corrected chi connectivity index (χ0v) is 16.6. The fourth-order valence-electron chi connectivity index (χ4n) is 4.34. The molecule has 1 aliphatic heterocycles. The van der Waals surface area contributed by atoms with E-state index in [2.05, 4.69) is 31.7 Å². The van der Waals surface area contributed by atoms with Gasteiger partial charge in [-0.1, -0.05) is 25.5 Å². The fraction of sp³-hybridized carbons (Fsp3) is 0.800. The molecular formula is C20H35N3O2. The van der Waals surface area contributed by atoms with Gasteiger partial charge in [-0.15, -0.1) is 0 Å². The Morgan fingerprint density at radius 3 is 2.32 bits per heavy atom. The van der Waals surface area contributed by atoms with Crippen molar-refractivity contribution in [2.45, 2.75) is 41.0 Å². The van der Waals surface area contributed by atoms with Crippen molar-refractivity contribution in [3.63, 3.8) is 0 Å². The summed E-state index contributed by atoms with van der Waals surface area (Å²) in [6, 6.07) is 0. The summed E-state index contributed by atoms with van der Waals surface area (Å²) in [7, 11) is 0. The van der Waals surface area contributed by atoms with E-state index in [1.807, 2.05) is 9.80 Å². The van der Waals surface area contributed by atoms with Gasteiger partial charge in [-0.3, -0.25) is 14.5 Å². The zero-order valence-electron chi connectivity index (χ0n) is 16.6. The first-order chi connectivity index (χ1) is 11.8. The highest BCUT2D eigenvalue weighted by Gasteiger charge is 2.29. The first-order valence-electron chi connectivity index (χ1n) is 9.68. The number of carbonyl (C=O) groups excluding carboxylic acids is 2. The van der Waals surface area contributed by atoms with E-state index in [-0.39, 0.29) is 11.8 Å². The number of hydrogen-bond donors (Lipinski definition) is 0. The number of rotatable bonds is 5. The third kappa shape index (κ3) is 5.56. The number of amides is 2. The molecule has 3 atom stereocenters. The maximum absolute atomic E-state index is 12.1. The summed E-state index contributed by atoms with van der Waals surface area (Å²) in [4.78, 5) is 29.9.